The quantitative estimate of drug-likeness (QED) is 0.884. The highest BCUT2D eigenvalue weighted by molar-refractivity contribution is 5.90. The number of hydrogen-bond donors (Lipinski definition) is 1. The standard InChI is InChI=1S/C17H19NO3/c1-13-4-3-5-14(12-13)18-17(19)10-11-21-16-8-6-15(20-2)7-9-16/h3-9,12H,10-11H2,1-2H3,(H,18,19). The Balaban J connectivity index is 1.76. The van der Waals surface area contributed by atoms with Crippen molar-refractivity contribution in [3.8, 4) is 11.5 Å². The van der Waals surface area contributed by atoms with Crippen LogP contribution in [0.15, 0.2) is 48.5 Å². The summed E-state index contributed by atoms with van der Waals surface area (Å²) in [4.78, 5) is 11.8. The summed E-state index contributed by atoms with van der Waals surface area (Å²) in [5, 5.41) is 2.85. The first-order valence-electron chi connectivity index (χ1n) is 6.81. The third kappa shape index (κ3) is 4.84. The molecule has 0 atom stereocenters. The largest absolute Gasteiger partial charge is 0.497 e. The van der Waals surface area contributed by atoms with Crippen LogP contribution >= 0.6 is 0 Å². The first-order valence-corrected chi connectivity index (χ1v) is 6.81. The van der Waals surface area contributed by atoms with Crippen LogP contribution in [-0.4, -0.2) is 19.6 Å². The van der Waals surface area contributed by atoms with Crippen molar-refractivity contribution in [2.45, 2.75) is 13.3 Å². The minimum absolute atomic E-state index is 0.0610. The van der Waals surface area contributed by atoms with Gasteiger partial charge in [-0.15, -0.1) is 0 Å². The normalized spacial score (nSPS) is 10.0. The van der Waals surface area contributed by atoms with E-state index in [0.29, 0.717) is 13.0 Å². The smallest absolute Gasteiger partial charge is 0.227 e. The van der Waals surface area contributed by atoms with E-state index < -0.39 is 0 Å². The number of rotatable bonds is 6. The first-order chi connectivity index (χ1) is 10.2. The summed E-state index contributed by atoms with van der Waals surface area (Å²) in [6.45, 7) is 2.33. The average Bonchev–Trinajstić information content (AvgIpc) is 2.48. The first kappa shape index (κ1) is 14.9. The molecule has 0 aliphatic rings. The molecule has 21 heavy (non-hydrogen) atoms. The van der Waals surface area contributed by atoms with Gasteiger partial charge in [0, 0.05) is 5.69 Å². The van der Waals surface area contributed by atoms with Crippen molar-refractivity contribution in [3.63, 3.8) is 0 Å². The van der Waals surface area contributed by atoms with Crippen molar-refractivity contribution in [2.75, 3.05) is 19.0 Å². The predicted octanol–water partition coefficient (Wildman–Crippen LogP) is 3.41. The number of hydrogen-bond acceptors (Lipinski definition) is 3. The molecule has 0 spiro atoms. The molecular weight excluding hydrogens is 266 g/mol. The monoisotopic (exact) mass is 285 g/mol. The molecular formula is C17H19NO3. The summed E-state index contributed by atoms with van der Waals surface area (Å²) < 4.78 is 10.6. The van der Waals surface area contributed by atoms with Crippen molar-refractivity contribution in [3.05, 3.63) is 54.1 Å². The van der Waals surface area contributed by atoms with Crippen LogP contribution in [0.4, 0.5) is 5.69 Å². The number of amides is 1. The molecule has 0 aliphatic carbocycles. The number of ether oxygens (including phenoxy) is 2. The molecule has 4 nitrogen and oxygen atoms in total. The number of methoxy groups -OCH3 is 1. The molecule has 0 saturated heterocycles. The maximum atomic E-state index is 11.8. The second-order valence-corrected chi connectivity index (χ2v) is 4.69. The summed E-state index contributed by atoms with van der Waals surface area (Å²) in [6.07, 6.45) is 0.306. The van der Waals surface area contributed by atoms with Gasteiger partial charge in [-0.2, -0.15) is 0 Å². The molecule has 1 N–H and O–H groups in total. The SMILES string of the molecule is COc1ccc(OCCC(=O)Nc2cccc(C)c2)cc1. The molecule has 0 heterocycles. The van der Waals surface area contributed by atoms with Gasteiger partial charge in [0.15, 0.2) is 0 Å². The molecule has 0 aromatic heterocycles. The number of carbonyl (C=O) groups is 1. The molecule has 2 rings (SSSR count). The van der Waals surface area contributed by atoms with Gasteiger partial charge in [0.05, 0.1) is 20.1 Å². The Morgan fingerprint density at radius 1 is 1.10 bits per heavy atom. The number of nitrogens with one attached hydrogen (secondary N) is 1. The van der Waals surface area contributed by atoms with Gasteiger partial charge in [-0.1, -0.05) is 12.1 Å². The summed E-state index contributed by atoms with van der Waals surface area (Å²) in [7, 11) is 1.62. The van der Waals surface area contributed by atoms with E-state index in [0.717, 1.165) is 22.7 Å². The molecule has 0 fully saturated rings. The Morgan fingerprint density at radius 2 is 1.81 bits per heavy atom. The van der Waals surface area contributed by atoms with Gasteiger partial charge >= 0.3 is 0 Å². The number of anilines is 1. The lowest BCUT2D eigenvalue weighted by atomic mass is 10.2. The van der Waals surface area contributed by atoms with Crippen molar-refractivity contribution in [1.29, 1.82) is 0 Å². The second-order valence-electron chi connectivity index (χ2n) is 4.69. The van der Waals surface area contributed by atoms with Gasteiger partial charge in [-0.05, 0) is 48.9 Å². The highest BCUT2D eigenvalue weighted by atomic mass is 16.5. The molecule has 0 saturated carbocycles. The van der Waals surface area contributed by atoms with Crippen LogP contribution in [0.3, 0.4) is 0 Å². The Labute approximate surface area is 124 Å². The fraction of sp³-hybridized carbons (Fsp3) is 0.235. The topological polar surface area (TPSA) is 47.6 Å². The van der Waals surface area contributed by atoms with Gasteiger partial charge in [0.2, 0.25) is 5.91 Å². The highest BCUT2D eigenvalue weighted by Gasteiger charge is 2.03. The molecule has 0 radical (unpaired) electrons. The maximum absolute atomic E-state index is 11.8. The van der Waals surface area contributed by atoms with Gasteiger partial charge in [-0.25, -0.2) is 0 Å². The molecule has 4 heteroatoms. The second kappa shape index (κ2) is 7.33. The number of carbonyl (C=O) groups excluding carboxylic acids is 1. The zero-order valence-electron chi connectivity index (χ0n) is 12.3. The zero-order valence-corrected chi connectivity index (χ0v) is 12.3. The minimum atomic E-state index is -0.0610. The third-order valence-electron chi connectivity index (χ3n) is 2.96. The zero-order chi connectivity index (χ0) is 15.1. The van der Waals surface area contributed by atoms with Crippen LogP contribution in [0.5, 0.6) is 11.5 Å². The van der Waals surface area contributed by atoms with Crippen molar-refractivity contribution >= 4 is 11.6 Å². The van der Waals surface area contributed by atoms with Crippen LogP contribution in [0.1, 0.15) is 12.0 Å². The lowest BCUT2D eigenvalue weighted by molar-refractivity contribution is -0.116. The third-order valence-corrected chi connectivity index (χ3v) is 2.96. The summed E-state index contributed by atoms with van der Waals surface area (Å²) in [5.74, 6) is 1.44. The summed E-state index contributed by atoms with van der Waals surface area (Å²) >= 11 is 0. The van der Waals surface area contributed by atoms with Gasteiger partial charge < -0.3 is 14.8 Å². The van der Waals surface area contributed by atoms with Crippen LogP contribution in [-0.2, 0) is 4.79 Å². The summed E-state index contributed by atoms with van der Waals surface area (Å²) in [6, 6.07) is 15.0. The predicted molar refractivity (Wildman–Crippen MR) is 82.9 cm³/mol. The van der Waals surface area contributed by atoms with Gasteiger partial charge in [0.25, 0.3) is 0 Å². The lowest BCUT2D eigenvalue weighted by Crippen LogP contribution is -2.15. The molecule has 1 amide bonds. The molecule has 110 valence electrons. The Hall–Kier alpha value is -2.49. The van der Waals surface area contributed by atoms with E-state index in [9.17, 15) is 4.79 Å². The van der Waals surface area contributed by atoms with E-state index >= 15 is 0 Å². The van der Waals surface area contributed by atoms with Crippen LogP contribution in [0, 0.1) is 6.92 Å². The fourth-order valence-electron chi connectivity index (χ4n) is 1.88. The number of benzene rings is 2. The van der Waals surface area contributed by atoms with E-state index in [2.05, 4.69) is 5.32 Å². The van der Waals surface area contributed by atoms with E-state index in [1.54, 1.807) is 7.11 Å². The number of aryl methyl sites for hydroxylation is 1. The summed E-state index contributed by atoms with van der Waals surface area (Å²) in [5.41, 5.74) is 1.92. The fourth-order valence-corrected chi connectivity index (χ4v) is 1.88. The molecule has 0 bridgehead atoms. The van der Waals surface area contributed by atoms with Gasteiger partial charge in [0.1, 0.15) is 11.5 Å². The van der Waals surface area contributed by atoms with Crippen molar-refractivity contribution < 1.29 is 14.3 Å². The molecule has 0 aliphatic heterocycles. The Kier molecular flexibility index (Phi) is 5.21. The lowest BCUT2D eigenvalue weighted by Gasteiger charge is -2.08. The van der Waals surface area contributed by atoms with Gasteiger partial charge in [-0.3, -0.25) is 4.79 Å². The van der Waals surface area contributed by atoms with E-state index in [1.807, 2.05) is 55.5 Å². The molecule has 2 aromatic rings. The molecule has 0 unspecified atom stereocenters. The van der Waals surface area contributed by atoms with Crippen LogP contribution < -0.4 is 14.8 Å². The van der Waals surface area contributed by atoms with E-state index in [4.69, 9.17) is 9.47 Å². The van der Waals surface area contributed by atoms with Crippen molar-refractivity contribution in [1.82, 2.24) is 0 Å². The Morgan fingerprint density at radius 3 is 2.48 bits per heavy atom. The van der Waals surface area contributed by atoms with Crippen molar-refractivity contribution in [2.24, 2.45) is 0 Å². The minimum Gasteiger partial charge on any atom is -0.497 e. The van der Waals surface area contributed by atoms with Crippen LogP contribution in [0.25, 0.3) is 0 Å². The average molecular weight is 285 g/mol. The van der Waals surface area contributed by atoms with E-state index in [1.165, 1.54) is 0 Å². The highest BCUT2D eigenvalue weighted by Crippen LogP contribution is 2.17. The maximum Gasteiger partial charge on any atom is 0.227 e. The molecule has 2 aromatic carbocycles. The van der Waals surface area contributed by atoms with Crippen LogP contribution in [0.2, 0.25) is 0 Å². The van der Waals surface area contributed by atoms with E-state index in [-0.39, 0.29) is 5.91 Å². The Bertz CT molecular complexity index is 593.